The van der Waals surface area contributed by atoms with E-state index in [4.69, 9.17) is 0 Å². The lowest BCUT2D eigenvalue weighted by Crippen LogP contribution is -2.15. The smallest absolute Gasteiger partial charge is 0.307 e. The molecule has 0 aliphatic rings. The van der Waals surface area contributed by atoms with Gasteiger partial charge in [-0.3, -0.25) is 9.59 Å². The first kappa shape index (κ1) is 24.3. The fraction of sp³-hybridized carbons (Fsp3) is 0.440. The molecule has 0 fully saturated rings. The number of aliphatic carboxylic acids is 2. The standard InChI is InChI=1S/C25H32O6/c1-24(2,3)18-9-14(11-20(26)27)7-16(22(18)30)13-17-8-15(12-21(28)29)10-19(23(17)31)25(4,5)6/h7-10,30-31H,11-13H2,1-6H3,(H,26,27)(H,28,29). The minimum Gasteiger partial charge on any atom is -0.507 e. The van der Waals surface area contributed by atoms with E-state index in [-0.39, 0.29) is 30.8 Å². The van der Waals surface area contributed by atoms with Gasteiger partial charge in [0.05, 0.1) is 12.8 Å². The van der Waals surface area contributed by atoms with Gasteiger partial charge in [0, 0.05) is 6.42 Å². The number of phenols is 2. The van der Waals surface area contributed by atoms with Gasteiger partial charge >= 0.3 is 11.9 Å². The Morgan fingerprint density at radius 3 is 1.26 bits per heavy atom. The quantitative estimate of drug-likeness (QED) is 0.537. The summed E-state index contributed by atoms with van der Waals surface area (Å²) in [5, 5.41) is 40.4. The van der Waals surface area contributed by atoms with E-state index in [9.17, 15) is 30.0 Å². The highest BCUT2D eigenvalue weighted by Gasteiger charge is 2.25. The average Bonchev–Trinajstić information content (AvgIpc) is 2.57. The highest BCUT2D eigenvalue weighted by molar-refractivity contribution is 5.71. The lowest BCUT2D eigenvalue weighted by molar-refractivity contribution is -0.137. The van der Waals surface area contributed by atoms with Gasteiger partial charge in [-0.2, -0.15) is 0 Å². The van der Waals surface area contributed by atoms with Crippen molar-refractivity contribution in [2.75, 3.05) is 0 Å². The first-order valence-corrected chi connectivity index (χ1v) is 10.2. The average molecular weight is 429 g/mol. The van der Waals surface area contributed by atoms with Crippen LogP contribution < -0.4 is 0 Å². The Hall–Kier alpha value is -3.02. The van der Waals surface area contributed by atoms with Gasteiger partial charge in [-0.25, -0.2) is 0 Å². The zero-order valence-electron chi connectivity index (χ0n) is 19.0. The first-order chi connectivity index (χ1) is 14.1. The van der Waals surface area contributed by atoms with E-state index in [2.05, 4.69) is 0 Å². The normalized spacial score (nSPS) is 12.1. The number of carboxylic acid groups (broad SMARTS) is 2. The van der Waals surface area contributed by atoms with E-state index < -0.39 is 22.8 Å². The summed E-state index contributed by atoms with van der Waals surface area (Å²) in [6, 6.07) is 6.68. The van der Waals surface area contributed by atoms with E-state index in [1.165, 1.54) is 0 Å². The third-order valence-electron chi connectivity index (χ3n) is 5.20. The molecule has 0 heterocycles. The predicted molar refractivity (Wildman–Crippen MR) is 119 cm³/mol. The molecule has 0 atom stereocenters. The summed E-state index contributed by atoms with van der Waals surface area (Å²) in [4.78, 5) is 22.6. The van der Waals surface area contributed by atoms with Crippen LogP contribution in [-0.4, -0.2) is 32.4 Å². The summed E-state index contributed by atoms with van der Waals surface area (Å²) in [7, 11) is 0. The molecule has 0 radical (unpaired) electrons. The van der Waals surface area contributed by atoms with Crippen molar-refractivity contribution >= 4 is 11.9 Å². The van der Waals surface area contributed by atoms with Gasteiger partial charge in [-0.05, 0) is 44.2 Å². The lowest BCUT2D eigenvalue weighted by Gasteiger charge is -2.25. The second-order valence-corrected chi connectivity index (χ2v) is 10.1. The van der Waals surface area contributed by atoms with Crippen LogP contribution in [0, 0.1) is 0 Å². The van der Waals surface area contributed by atoms with Crippen LogP contribution in [0.5, 0.6) is 11.5 Å². The van der Waals surface area contributed by atoms with Crippen LogP contribution in [0.3, 0.4) is 0 Å². The first-order valence-electron chi connectivity index (χ1n) is 10.2. The monoisotopic (exact) mass is 428 g/mol. The summed E-state index contributed by atoms with van der Waals surface area (Å²) >= 11 is 0. The van der Waals surface area contributed by atoms with Gasteiger partial charge in [0.1, 0.15) is 11.5 Å². The van der Waals surface area contributed by atoms with Gasteiger partial charge in [-0.1, -0.05) is 65.8 Å². The SMILES string of the molecule is CC(C)(C)c1cc(CC(=O)O)cc(Cc2cc(CC(=O)O)cc(C(C)(C)C)c2O)c1O. The molecule has 6 nitrogen and oxygen atoms in total. The Morgan fingerprint density at radius 2 is 1.00 bits per heavy atom. The van der Waals surface area contributed by atoms with Crippen molar-refractivity contribution in [3.8, 4) is 11.5 Å². The number of phenolic OH excluding ortho intramolecular Hbond substituents is 2. The Kier molecular flexibility index (Phi) is 6.74. The Bertz CT molecular complexity index is 925. The Morgan fingerprint density at radius 1 is 0.677 bits per heavy atom. The van der Waals surface area contributed by atoms with Crippen LogP contribution in [0.15, 0.2) is 24.3 Å². The van der Waals surface area contributed by atoms with Crippen LogP contribution in [0.1, 0.15) is 74.9 Å². The number of carboxylic acids is 2. The maximum atomic E-state index is 11.3. The molecule has 0 aliphatic heterocycles. The summed E-state index contributed by atoms with van der Waals surface area (Å²) in [5.74, 6) is -1.83. The molecule has 0 unspecified atom stereocenters. The lowest BCUT2D eigenvalue weighted by atomic mass is 9.81. The van der Waals surface area contributed by atoms with Gasteiger partial charge in [0.15, 0.2) is 0 Å². The molecule has 0 spiro atoms. The molecule has 0 bridgehead atoms. The van der Waals surface area contributed by atoms with Gasteiger partial charge < -0.3 is 20.4 Å². The summed E-state index contributed by atoms with van der Waals surface area (Å²) < 4.78 is 0. The molecule has 0 aliphatic carbocycles. The van der Waals surface area contributed by atoms with Gasteiger partial charge in [-0.15, -0.1) is 0 Å². The number of hydrogen-bond acceptors (Lipinski definition) is 4. The maximum Gasteiger partial charge on any atom is 0.307 e. The van der Waals surface area contributed by atoms with Crippen molar-refractivity contribution < 1.29 is 30.0 Å². The zero-order valence-corrected chi connectivity index (χ0v) is 19.0. The van der Waals surface area contributed by atoms with Crippen molar-refractivity contribution in [3.63, 3.8) is 0 Å². The van der Waals surface area contributed by atoms with Crippen molar-refractivity contribution in [1.29, 1.82) is 0 Å². The van der Waals surface area contributed by atoms with E-state index >= 15 is 0 Å². The van der Waals surface area contributed by atoms with Gasteiger partial charge in [0.2, 0.25) is 0 Å². The third-order valence-corrected chi connectivity index (χ3v) is 5.20. The van der Waals surface area contributed by atoms with Crippen LogP contribution >= 0.6 is 0 Å². The minimum atomic E-state index is -0.974. The molecule has 31 heavy (non-hydrogen) atoms. The topological polar surface area (TPSA) is 115 Å². The molecule has 2 aromatic carbocycles. The molecular formula is C25H32O6. The maximum absolute atomic E-state index is 11.3. The molecule has 2 rings (SSSR count). The number of rotatable bonds is 6. The molecule has 4 N–H and O–H groups in total. The van der Waals surface area contributed by atoms with Crippen LogP contribution in [0.25, 0.3) is 0 Å². The molecule has 0 aromatic heterocycles. The molecular weight excluding hydrogens is 396 g/mol. The summed E-state index contributed by atoms with van der Waals surface area (Å²) in [6.07, 6.45) is -0.228. The highest BCUT2D eigenvalue weighted by atomic mass is 16.4. The number of aromatic hydroxyl groups is 2. The van der Waals surface area contributed by atoms with E-state index in [0.717, 1.165) is 0 Å². The second kappa shape index (κ2) is 8.61. The van der Waals surface area contributed by atoms with Crippen molar-refractivity contribution in [3.05, 3.63) is 57.6 Å². The fourth-order valence-corrected chi connectivity index (χ4v) is 3.69. The fourth-order valence-electron chi connectivity index (χ4n) is 3.69. The molecule has 0 saturated carbocycles. The molecule has 0 saturated heterocycles. The number of carbonyl (C=O) groups is 2. The van der Waals surface area contributed by atoms with E-state index in [0.29, 0.717) is 33.4 Å². The Labute approximate surface area is 183 Å². The largest absolute Gasteiger partial charge is 0.507 e. The zero-order chi connectivity index (χ0) is 23.7. The minimum absolute atomic E-state index is 0.0574. The third kappa shape index (κ3) is 6.00. The summed E-state index contributed by atoms with van der Waals surface area (Å²) in [5.41, 5.74) is 2.51. The summed E-state index contributed by atoms with van der Waals surface area (Å²) in [6.45, 7) is 11.6. The molecule has 0 amide bonds. The van der Waals surface area contributed by atoms with Gasteiger partial charge in [0.25, 0.3) is 0 Å². The molecule has 6 heteroatoms. The van der Waals surface area contributed by atoms with Crippen molar-refractivity contribution in [1.82, 2.24) is 0 Å². The number of hydrogen-bond donors (Lipinski definition) is 4. The van der Waals surface area contributed by atoms with Crippen LogP contribution in [0.4, 0.5) is 0 Å². The van der Waals surface area contributed by atoms with Crippen LogP contribution in [0.2, 0.25) is 0 Å². The molecule has 2 aromatic rings. The highest BCUT2D eigenvalue weighted by Crippen LogP contribution is 2.39. The van der Waals surface area contributed by atoms with E-state index in [1.54, 1.807) is 24.3 Å². The van der Waals surface area contributed by atoms with Crippen molar-refractivity contribution in [2.24, 2.45) is 0 Å². The second-order valence-electron chi connectivity index (χ2n) is 10.1. The van der Waals surface area contributed by atoms with Crippen molar-refractivity contribution in [2.45, 2.75) is 71.6 Å². The number of benzene rings is 2. The van der Waals surface area contributed by atoms with Crippen LogP contribution in [-0.2, 0) is 39.7 Å². The molecule has 168 valence electrons. The Balaban J connectivity index is 2.68. The van der Waals surface area contributed by atoms with E-state index in [1.807, 2.05) is 41.5 Å². The predicted octanol–water partition coefficient (Wildman–Crippen LogP) is 4.54.